The molecule has 1 aliphatic rings. The number of nitrogens with one attached hydrogen (secondary N) is 2. The number of aryl methyl sites for hydroxylation is 1. The topological polar surface area (TPSA) is 40.7 Å². The van der Waals surface area contributed by atoms with Crippen LogP contribution in [0.3, 0.4) is 0 Å². The molecule has 3 heteroatoms. The summed E-state index contributed by atoms with van der Waals surface area (Å²) in [6.07, 6.45) is 8.51. The highest BCUT2D eigenvalue weighted by Crippen LogP contribution is 2.27. The lowest BCUT2D eigenvalue weighted by atomic mass is 9.83. The van der Waals surface area contributed by atoms with Crippen molar-refractivity contribution in [3.8, 4) is 0 Å². The number of aromatic amines is 1. The Balaban J connectivity index is 1.89. The number of imidazole rings is 1. The van der Waals surface area contributed by atoms with Gasteiger partial charge < -0.3 is 10.3 Å². The lowest BCUT2D eigenvalue weighted by molar-refractivity contribution is 0.251. The zero-order chi connectivity index (χ0) is 10.7. The van der Waals surface area contributed by atoms with Crippen molar-refractivity contribution >= 4 is 0 Å². The summed E-state index contributed by atoms with van der Waals surface area (Å²) >= 11 is 0. The van der Waals surface area contributed by atoms with E-state index in [1.54, 1.807) is 6.33 Å². The molecule has 0 bridgehead atoms. The molecule has 0 spiro atoms. The molecule has 0 aliphatic heterocycles. The molecule has 1 fully saturated rings. The van der Waals surface area contributed by atoms with Gasteiger partial charge in [0.25, 0.3) is 0 Å². The molecule has 0 saturated heterocycles. The van der Waals surface area contributed by atoms with Crippen molar-refractivity contribution in [3.05, 3.63) is 17.7 Å². The van der Waals surface area contributed by atoms with Gasteiger partial charge in [0.05, 0.1) is 12.0 Å². The van der Waals surface area contributed by atoms with Gasteiger partial charge in [0, 0.05) is 17.8 Å². The molecule has 1 aromatic heterocycles. The minimum absolute atomic E-state index is 0.337. The van der Waals surface area contributed by atoms with Gasteiger partial charge in [-0.25, -0.2) is 4.98 Å². The van der Waals surface area contributed by atoms with E-state index in [4.69, 9.17) is 0 Å². The highest BCUT2D eigenvalue weighted by Gasteiger charge is 2.25. The first-order valence-corrected chi connectivity index (χ1v) is 5.93. The largest absolute Gasteiger partial charge is 0.348 e. The zero-order valence-electron chi connectivity index (χ0n) is 9.77. The van der Waals surface area contributed by atoms with Crippen LogP contribution < -0.4 is 5.32 Å². The van der Waals surface area contributed by atoms with Crippen LogP contribution in [0.4, 0.5) is 0 Å². The normalized spacial score (nSPS) is 20.4. The molecular weight excluding hydrogens is 186 g/mol. The van der Waals surface area contributed by atoms with E-state index in [1.165, 1.54) is 37.8 Å². The maximum Gasteiger partial charge on any atom is 0.0925 e. The number of nitrogens with zero attached hydrogens (tertiary/aromatic N) is 1. The molecule has 1 heterocycles. The van der Waals surface area contributed by atoms with E-state index in [0.717, 1.165) is 12.2 Å². The third-order valence-corrected chi connectivity index (χ3v) is 3.57. The Morgan fingerprint density at radius 2 is 2.13 bits per heavy atom. The van der Waals surface area contributed by atoms with E-state index in [2.05, 4.69) is 29.1 Å². The maximum atomic E-state index is 4.31. The van der Waals surface area contributed by atoms with Gasteiger partial charge in [0.15, 0.2) is 0 Å². The number of aromatic nitrogens is 2. The van der Waals surface area contributed by atoms with Crippen LogP contribution in [0.25, 0.3) is 0 Å². The fourth-order valence-electron chi connectivity index (χ4n) is 2.37. The molecule has 1 aromatic rings. The molecule has 3 nitrogen and oxygen atoms in total. The molecule has 0 radical (unpaired) electrons. The minimum atomic E-state index is 0.337. The van der Waals surface area contributed by atoms with Crippen LogP contribution in [0, 0.1) is 6.92 Å². The monoisotopic (exact) mass is 207 g/mol. The Labute approximate surface area is 91.7 Å². The molecule has 0 unspecified atom stereocenters. The van der Waals surface area contributed by atoms with Gasteiger partial charge in [0.1, 0.15) is 0 Å². The number of hydrogen-bond acceptors (Lipinski definition) is 2. The summed E-state index contributed by atoms with van der Waals surface area (Å²) in [5.41, 5.74) is 2.67. The summed E-state index contributed by atoms with van der Waals surface area (Å²) in [5.74, 6) is 0. The quantitative estimate of drug-likeness (QED) is 0.799. The molecule has 0 aromatic carbocycles. The second kappa shape index (κ2) is 4.35. The molecule has 0 atom stereocenters. The minimum Gasteiger partial charge on any atom is -0.348 e. The summed E-state index contributed by atoms with van der Waals surface area (Å²) < 4.78 is 0. The van der Waals surface area contributed by atoms with Gasteiger partial charge in [-0.2, -0.15) is 0 Å². The van der Waals surface area contributed by atoms with Crippen LogP contribution in [0.1, 0.15) is 50.4 Å². The Morgan fingerprint density at radius 3 is 2.73 bits per heavy atom. The average Bonchev–Trinajstić information content (AvgIpc) is 2.62. The SMILES string of the molecule is Cc1[nH]cnc1CNC1(C)CCCCC1. The molecule has 1 saturated carbocycles. The van der Waals surface area contributed by atoms with E-state index in [9.17, 15) is 0 Å². The Morgan fingerprint density at radius 1 is 1.40 bits per heavy atom. The van der Waals surface area contributed by atoms with Crippen molar-refractivity contribution < 1.29 is 0 Å². The summed E-state index contributed by atoms with van der Waals surface area (Å²) in [7, 11) is 0. The van der Waals surface area contributed by atoms with Crippen LogP contribution in [0.2, 0.25) is 0 Å². The van der Waals surface area contributed by atoms with Crippen molar-refractivity contribution in [1.82, 2.24) is 15.3 Å². The lowest BCUT2D eigenvalue weighted by Crippen LogP contribution is -2.43. The number of rotatable bonds is 3. The van der Waals surface area contributed by atoms with Crippen molar-refractivity contribution in [2.24, 2.45) is 0 Å². The zero-order valence-corrected chi connectivity index (χ0v) is 9.77. The first kappa shape index (κ1) is 10.7. The van der Waals surface area contributed by atoms with Gasteiger partial charge in [0.2, 0.25) is 0 Å². The van der Waals surface area contributed by atoms with Crippen LogP contribution in [0.15, 0.2) is 6.33 Å². The van der Waals surface area contributed by atoms with Crippen LogP contribution in [-0.4, -0.2) is 15.5 Å². The van der Waals surface area contributed by atoms with E-state index < -0.39 is 0 Å². The molecule has 1 aliphatic carbocycles. The number of hydrogen-bond donors (Lipinski definition) is 2. The van der Waals surface area contributed by atoms with Crippen LogP contribution in [0.5, 0.6) is 0 Å². The second-order valence-corrected chi connectivity index (χ2v) is 4.95. The Hall–Kier alpha value is -0.830. The molecule has 2 rings (SSSR count). The predicted molar refractivity (Wildman–Crippen MR) is 61.7 cm³/mol. The summed E-state index contributed by atoms with van der Waals surface area (Å²) in [6, 6.07) is 0. The Kier molecular flexibility index (Phi) is 3.10. The van der Waals surface area contributed by atoms with Crippen LogP contribution >= 0.6 is 0 Å². The summed E-state index contributed by atoms with van der Waals surface area (Å²) in [4.78, 5) is 7.43. The highest BCUT2D eigenvalue weighted by atomic mass is 15.0. The second-order valence-electron chi connectivity index (χ2n) is 4.95. The third-order valence-electron chi connectivity index (χ3n) is 3.57. The van der Waals surface area contributed by atoms with Crippen molar-refractivity contribution in [1.29, 1.82) is 0 Å². The summed E-state index contributed by atoms with van der Waals surface area (Å²) in [5, 5.41) is 3.66. The van der Waals surface area contributed by atoms with E-state index in [-0.39, 0.29) is 0 Å². The van der Waals surface area contributed by atoms with Crippen molar-refractivity contribution in [2.75, 3.05) is 0 Å². The molecule has 2 N–H and O–H groups in total. The lowest BCUT2D eigenvalue weighted by Gasteiger charge is -2.34. The standard InChI is InChI=1S/C12H21N3/c1-10-11(14-9-13-10)8-15-12(2)6-4-3-5-7-12/h9,15H,3-8H2,1-2H3,(H,13,14). The maximum absolute atomic E-state index is 4.31. The van der Waals surface area contributed by atoms with Gasteiger partial charge in [-0.15, -0.1) is 0 Å². The van der Waals surface area contributed by atoms with Crippen molar-refractivity contribution in [3.63, 3.8) is 0 Å². The summed E-state index contributed by atoms with van der Waals surface area (Å²) in [6.45, 7) is 5.31. The predicted octanol–water partition coefficient (Wildman–Crippen LogP) is 2.53. The molecule has 84 valence electrons. The number of H-pyrrole nitrogens is 1. The first-order valence-electron chi connectivity index (χ1n) is 5.93. The molecule has 15 heavy (non-hydrogen) atoms. The van der Waals surface area contributed by atoms with Crippen molar-refractivity contribution in [2.45, 2.75) is 58.0 Å². The average molecular weight is 207 g/mol. The molecule has 0 amide bonds. The highest BCUT2D eigenvalue weighted by molar-refractivity contribution is 5.08. The van der Waals surface area contributed by atoms with Gasteiger partial charge in [-0.3, -0.25) is 0 Å². The first-order chi connectivity index (χ1) is 7.20. The molecular formula is C12H21N3. The van der Waals surface area contributed by atoms with E-state index in [1.807, 2.05) is 0 Å². The fraction of sp³-hybridized carbons (Fsp3) is 0.750. The van der Waals surface area contributed by atoms with E-state index in [0.29, 0.717) is 5.54 Å². The van der Waals surface area contributed by atoms with Gasteiger partial charge in [-0.05, 0) is 26.7 Å². The van der Waals surface area contributed by atoms with Crippen LogP contribution in [-0.2, 0) is 6.54 Å². The smallest absolute Gasteiger partial charge is 0.0925 e. The van der Waals surface area contributed by atoms with Gasteiger partial charge in [-0.1, -0.05) is 19.3 Å². The third kappa shape index (κ3) is 2.59. The van der Waals surface area contributed by atoms with E-state index >= 15 is 0 Å². The van der Waals surface area contributed by atoms with Gasteiger partial charge >= 0.3 is 0 Å². The fourth-order valence-corrected chi connectivity index (χ4v) is 2.37. The Bertz CT molecular complexity index is 310.